The average molecular weight is 381 g/mol. The number of piperidine rings is 1. The molecule has 9 heteroatoms. The molecule has 1 saturated heterocycles. The van der Waals surface area contributed by atoms with Gasteiger partial charge in [0, 0.05) is 13.1 Å². The van der Waals surface area contributed by atoms with Gasteiger partial charge in [0.15, 0.2) is 6.10 Å². The Kier molecular flexibility index (Phi) is 6.73. The molecule has 0 radical (unpaired) electrons. The number of esters is 1. The Bertz CT molecular complexity index is 666. The minimum Gasteiger partial charge on any atom is -0.452 e. The SMILES string of the molecule is CC(C)[C@@H](OC(=O)C1CCN(C(=O)c2cccs2)CC1)C(=O)NC(N)=O. The molecular weight excluding hydrogens is 358 g/mol. The van der Waals surface area contributed by atoms with E-state index in [1.54, 1.807) is 24.8 Å². The maximum atomic E-state index is 12.4. The summed E-state index contributed by atoms with van der Waals surface area (Å²) in [6.07, 6.45) is -0.142. The van der Waals surface area contributed by atoms with Gasteiger partial charge in [0.2, 0.25) is 0 Å². The normalized spacial score (nSPS) is 16.2. The first-order chi connectivity index (χ1) is 12.3. The summed E-state index contributed by atoms with van der Waals surface area (Å²) in [5.74, 6) is -1.95. The second-order valence-corrected chi connectivity index (χ2v) is 7.45. The van der Waals surface area contributed by atoms with Crippen LogP contribution >= 0.6 is 11.3 Å². The van der Waals surface area contributed by atoms with Crippen molar-refractivity contribution < 1.29 is 23.9 Å². The van der Waals surface area contributed by atoms with E-state index in [9.17, 15) is 19.2 Å². The van der Waals surface area contributed by atoms with Crippen molar-refractivity contribution in [1.29, 1.82) is 0 Å². The van der Waals surface area contributed by atoms with Crippen molar-refractivity contribution in [3.8, 4) is 0 Å². The maximum Gasteiger partial charge on any atom is 0.318 e. The first-order valence-corrected chi connectivity index (χ1v) is 9.31. The Balaban J connectivity index is 1.89. The van der Waals surface area contributed by atoms with Crippen LogP contribution in [0.3, 0.4) is 0 Å². The predicted molar refractivity (Wildman–Crippen MR) is 95.4 cm³/mol. The highest BCUT2D eigenvalue weighted by Crippen LogP contribution is 2.23. The number of nitrogens with one attached hydrogen (secondary N) is 1. The Morgan fingerprint density at radius 3 is 2.42 bits per heavy atom. The third-order valence-electron chi connectivity index (χ3n) is 4.20. The number of nitrogens with two attached hydrogens (primary N) is 1. The summed E-state index contributed by atoms with van der Waals surface area (Å²) >= 11 is 1.39. The molecule has 0 saturated carbocycles. The van der Waals surface area contributed by atoms with Crippen LogP contribution in [0.2, 0.25) is 0 Å². The van der Waals surface area contributed by atoms with Crippen molar-refractivity contribution in [2.75, 3.05) is 13.1 Å². The summed E-state index contributed by atoms with van der Waals surface area (Å²) in [7, 11) is 0. The lowest BCUT2D eigenvalue weighted by Crippen LogP contribution is -2.47. The molecule has 0 aromatic carbocycles. The third-order valence-corrected chi connectivity index (χ3v) is 5.06. The third kappa shape index (κ3) is 5.04. The molecule has 2 heterocycles. The van der Waals surface area contributed by atoms with Gasteiger partial charge in [-0.15, -0.1) is 11.3 Å². The molecule has 26 heavy (non-hydrogen) atoms. The van der Waals surface area contributed by atoms with E-state index in [0.29, 0.717) is 30.8 Å². The number of imide groups is 1. The van der Waals surface area contributed by atoms with Crippen molar-refractivity contribution in [2.24, 2.45) is 17.6 Å². The fourth-order valence-electron chi connectivity index (χ4n) is 2.78. The van der Waals surface area contributed by atoms with Crippen molar-refractivity contribution in [2.45, 2.75) is 32.8 Å². The van der Waals surface area contributed by atoms with Gasteiger partial charge in [0.05, 0.1) is 10.8 Å². The highest BCUT2D eigenvalue weighted by atomic mass is 32.1. The number of rotatable bonds is 5. The molecule has 1 atom stereocenters. The van der Waals surface area contributed by atoms with Gasteiger partial charge in [-0.25, -0.2) is 4.79 Å². The fourth-order valence-corrected chi connectivity index (χ4v) is 3.47. The summed E-state index contributed by atoms with van der Waals surface area (Å²) in [6.45, 7) is 4.33. The first-order valence-electron chi connectivity index (χ1n) is 8.43. The molecule has 0 unspecified atom stereocenters. The molecule has 0 aliphatic carbocycles. The van der Waals surface area contributed by atoms with Crippen LogP contribution in [-0.2, 0) is 14.3 Å². The van der Waals surface area contributed by atoms with Crippen LogP contribution in [0.25, 0.3) is 0 Å². The topological polar surface area (TPSA) is 119 Å². The van der Waals surface area contributed by atoms with Gasteiger partial charge >= 0.3 is 12.0 Å². The summed E-state index contributed by atoms with van der Waals surface area (Å²) in [6, 6.07) is 2.61. The van der Waals surface area contributed by atoms with Crippen LogP contribution in [0.4, 0.5) is 4.79 Å². The molecule has 8 nitrogen and oxygen atoms in total. The Labute approximate surface area is 155 Å². The van der Waals surface area contributed by atoms with Crippen LogP contribution in [-0.4, -0.2) is 47.9 Å². The van der Waals surface area contributed by atoms with Gasteiger partial charge in [-0.1, -0.05) is 19.9 Å². The van der Waals surface area contributed by atoms with Crippen molar-refractivity contribution in [1.82, 2.24) is 10.2 Å². The van der Waals surface area contributed by atoms with Gasteiger partial charge in [-0.3, -0.25) is 19.7 Å². The van der Waals surface area contributed by atoms with E-state index in [0.717, 1.165) is 0 Å². The lowest BCUT2D eigenvalue weighted by Gasteiger charge is -2.31. The van der Waals surface area contributed by atoms with E-state index in [1.165, 1.54) is 11.3 Å². The van der Waals surface area contributed by atoms with Gasteiger partial charge in [-0.05, 0) is 30.2 Å². The summed E-state index contributed by atoms with van der Waals surface area (Å²) in [5, 5.41) is 3.79. The molecule has 1 aliphatic rings. The first kappa shape index (κ1) is 19.9. The molecule has 0 bridgehead atoms. The van der Waals surface area contributed by atoms with Crippen LogP contribution in [0.15, 0.2) is 17.5 Å². The number of amides is 4. The zero-order valence-corrected chi connectivity index (χ0v) is 15.6. The number of primary amides is 1. The minimum atomic E-state index is -1.08. The number of ether oxygens (including phenoxy) is 1. The molecule has 3 N–H and O–H groups in total. The Hall–Kier alpha value is -2.42. The maximum absolute atomic E-state index is 12.4. The summed E-state index contributed by atoms with van der Waals surface area (Å²) in [5.41, 5.74) is 4.94. The Morgan fingerprint density at radius 2 is 1.92 bits per heavy atom. The van der Waals surface area contributed by atoms with E-state index in [2.05, 4.69) is 0 Å². The standard InChI is InChI=1S/C17H23N3O5S/c1-10(2)13(14(21)19-17(18)24)25-16(23)11-5-7-20(8-6-11)15(22)12-4-3-9-26-12/h3-4,9-11,13H,5-8H2,1-2H3,(H3,18,19,21,24)/t13-/m1/s1. The highest BCUT2D eigenvalue weighted by Gasteiger charge is 2.33. The number of hydrogen-bond donors (Lipinski definition) is 2. The van der Waals surface area contributed by atoms with Crippen LogP contribution in [0.1, 0.15) is 36.4 Å². The molecule has 1 aromatic rings. The van der Waals surface area contributed by atoms with Crippen molar-refractivity contribution in [3.63, 3.8) is 0 Å². The lowest BCUT2D eigenvalue weighted by atomic mass is 9.96. The number of carbonyl (C=O) groups is 4. The number of nitrogens with zero attached hydrogens (tertiary/aromatic N) is 1. The minimum absolute atomic E-state index is 0.0345. The van der Waals surface area contributed by atoms with Gasteiger partial charge in [0.1, 0.15) is 0 Å². The van der Waals surface area contributed by atoms with Crippen molar-refractivity contribution >= 4 is 35.2 Å². The number of urea groups is 1. The number of hydrogen-bond acceptors (Lipinski definition) is 6. The number of likely N-dealkylation sites (tertiary alicyclic amines) is 1. The monoisotopic (exact) mass is 381 g/mol. The predicted octanol–water partition coefficient (Wildman–Crippen LogP) is 1.36. The fraction of sp³-hybridized carbons (Fsp3) is 0.529. The van der Waals surface area contributed by atoms with E-state index >= 15 is 0 Å². The zero-order valence-electron chi connectivity index (χ0n) is 14.8. The number of carbonyl (C=O) groups excluding carboxylic acids is 4. The van der Waals surface area contributed by atoms with E-state index in [-0.39, 0.29) is 17.7 Å². The molecule has 0 spiro atoms. The van der Waals surface area contributed by atoms with Crippen LogP contribution < -0.4 is 11.1 Å². The average Bonchev–Trinajstić information content (AvgIpc) is 3.12. The van der Waals surface area contributed by atoms with E-state index in [4.69, 9.17) is 10.5 Å². The molecule has 4 amide bonds. The molecule has 1 aromatic heterocycles. The summed E-state index contributed by atoms with van der Waals surface area (Å²) in [4.78, 5) is 49.9. The molecule has 1 aliphatic heterocycles. The molecule has 2 rings (SSSR count). The Morgan fingerprint density at radius 1 is 1.27 bits per heavy atom. The molecule has 1 fully saturated rings. The molecular formula is C17H23N3O5S. The van der Waals surface area contributed by atoms with Crippen LogP contribution in [0, 0.1) is 11.8 Å². The van der Waals surface area contributed by atoms with E-state index < -0.39 is 24.0 Å². The largest absolute Gasteiger partial charge is 0.452 e. The second-order valence-electron chi connectivity index (χ2n) is 6.50. The zero-order chi connectivity index (χ0) is 19.3. The van der Waals surface area contributed by atoms with Gasteiger partial charge < -0.3 is 15.4 Å². The number of thiophene rings is 1. The smallest absolute Gasteiger partial charge is 0.318 e. The van der Waals surface area contributed by atoms with Crippen molar-refractivity contribution in [3.05, 3.63) is 22.4 Å². The lowest BCUT2D eigenvalue weighted by molar-refractivity contribution is -0.163. The van der Waals surface area contributed by atoms with Gasteiger partial charge in [0.25, 0.3) is 11.8 Å². The summed E-state index contributed by atoms with van der Waals surface area (Å²) < 4.78 is 5.32. The van der Waals surface area contributed by atoms with E-state index in [1.807, 2.05) is 16.8 Å². The van der Waals surface area contributed by atoms with Gasteiger partial charge in [-0.2, -0.15) is 0 Å². The van der Waals surface area contributed by atoms with Crippen LogP contribution in [0.5, 0.6) is 0 Å². The molecule has 142 valence electrons. The quantitative estimate of drug-likeness (QED) is 0.747. The highest BCUT2D eigenvalue weighted by molar-refractivity contribution is 7.12. The second kappa shape index (κ2) is 8.79.